The molecule has 0 aromatic heterocycles. The van der Waals surface area contributed by atoms with E-state index in [2.05, 4.69) is 0 Å². The summed E-state index contributed by atoms with van der Waals surface area (Å²) in [6, 6.07) is 7.97. The van der Waals surface area contributed by atoms with Crippen LogP contribution in [0.4, 0.5) is 0 Å². The summed E-state index contributed by atoms with van der Waals surface area (Å²) in [6.07, 6.45) is 1.12. The van der Waals surface area contributed by atoms with Gasteiger partial charge in [-0.3, -0.25) is 0 Å². The molecule has 0 bridgehead atoms. The Bertz CT molecular complexity index is 544. The van der Waals surface area contributed by atoms with E-state index in [0.717, 1.165) is 6.26 Å². The second-order valence-corrected chi connectivity index (χ2v) is 6.08. The van der Waals surface area contributed by atoms with E-state index < -0.39 is 15.4 Å². The van der Waals surface area contributed by atoms with Crippen LogP contribution < -0.4 is 10.5 Å². The number of nitrogens with two attached hydrogens (primary N) is 1. The Balaban J connectivity index is 2.85. The van der Waals surface area contributed by atoms with E-state index in [1.807, 2.05) is 6.07 Å². The van der Waals surface area contributed by atoms with Crippen molar-refractivity contribution in [3.05, 3.63) is 24.3 Å². The summed E-state index contributed by atoms with van der Waals surface area (Å²) < 4.78 is 27.9. The van der Waals surface area contributed by atoms with Crippen molar-refractivity contribution in [2.45, 2.75) is 17.4 Å². The van der Waals surface area contributed by atoms with Crippen LogP contribution in [0, 0.1) is 11.3 Å². The highest BCUT2D eigenvalue weighted by Crippen LogP contribution is 2.18. The van der Waals surface area contributed by atoms with E-state index in [4.69, 9.17) is 15.7 Å². The fraction of sp³-hybridized carbons (Fsp3) is 0.364. The standard InChI is InChI=1S/C11H14N2O3S/c1-11(13,7-12)8-16-9-4-3-5-10(6-9)17(2,14)15/h3-6H,8,13H2,1-2H3. The minimum absolute atomic E-state index is 0.00326. The summed E-state index contributed by atoms with van der Waals surface area (Å²) in [7, 11) is -3.26. The molecular formula is C11H14N2O3S. The molecule has 0 heterocycles. The number of nitrogens with zero attached hydrogens (tertiary/aromatic N) is 1. The first-order chi connectivity index (χ1) is 7.74. The highest BCUT2D eigenvalue weighted by molar-refractivity contribution is 7.90. The monoisotopic (exact) mass is 254 g/mol. The van der Waals surface area contributed by atoms with Crippen molar-refractivity contribution in [3.8, 4) is 11.8 Å². The fourth-order valence-electron chi connectivity index (χ4n) is 1.06. The van der Waals surface area contributed by atoms with Crippen LogP contribution in [0.25, 0.3) is 0 Å². The van der Waals surface area contributed by atoms with E-state index >= 15 is 0 Å². The van der Waals surface area contributed by atoms with Gasteiger partial charge in [0.05, 0.1) is 11.0 Å². The molecule has 2 N–H and O–H groups in total. The number of ether oxygens (including phenoxy) is 1. The fourth-order valence-corrected chi connectivity index (χ4v) is 1.72. The van der Waals surface area contributed by atoms with E-state index in [1.54, 1.807) is 12.1 Å². The minimum Gasteiger partial charge on any atom is -0.491 e. The summed E-state index contributed by atoms with van der Waals surface area (Å²) >= 11 is 0. The van der Waals surface area contributed by atoms with Crippen LogP contribution in [0.3, 0.4) is 0 Å². The number of nitriles is 1. The maximum Gasteiger partial charge on any atom is 0.175 e. The largest absolute Gasteiger partial charge is 0.491 e. The van der Waals surface area contributed by atoms with Gasteiger partial charge >= 0.3 is 0 Å². The Kier molecular flexibility index (Phi) is 3.76. The van der Waals surface area contributed by atoms with Crippen LogP contribution in [0.5, 0.6) is 5.75 Å². The molecule has 0 saturated heterocycles. The van der Waals surface area contributed by atoms with Crippen LogP contribution in [-0.2, 0) is 9.84 Å². The number of sulfone groups is 1. The zero-order valence-electron chi connectivity index (χ0n) is 9.67. The van der Waals surface area contributed by atoms with E-state index in [0.29, 0.717) is 5.75 Å². The molecular weight excluding hydrogens is 240 g/mol. The lowest BCUT2D eigenvalue weighted by Gasteiger charge is -2.16. The third-order valence-corrected chi connectivity index (χ3v) is 3.14. The van der Waals surface area contributed by atoms with Gasteiger partial charge in [0.1, 0.15) is 17.9 Å². The minimum atomic E-state index is -3.26. The molecule has 0 fully saturated rings. The molecule has 0 aliphatic heterocycles. The third-order valence-electron chi connectivity index (χ3n) is 2.03. The molecule has 0 saturated carbocycles. The lowest BCUT2D eigenvalue weighted by molar-refractivity contribution is 0.264. The van der Waals surface area contributed by atoms with Crippen molar-refractivity contribution >= 4 is 9.84 Å². The predicted molar refractivity (Wildman–Crippen MR) is 63.3 cm³/mol. The SMILES string of the molecule is CC(N)(C#N)COc1cccc(S(C)(=O)=O)c1. The van der Waals surface area contributed by atoms with Gasteiger partial charge in [-0.05, 0) is 25.1 Å². The van der Waals surface area contributed by atoms with Gasteiger partial charge in [-0.15, -0.1) is 0 Å². The van der Waals surface area contributed by atoms with Gasteiger partial charge in [0.15, 0.2) is 9.84 Å². The van der Waals surface area contributed by atoms with Gasteiger partial charge in [-0.1, -0.05) is 6.07 Å². The Morgan fingerprint density at radius 1 is 1.53 bits per heavy atom. The van der Waals surface area contributed by atoms with Crippen molar-refractivity contribution in [1.29, 1.82) is 5.26 Å². The van der Waals surface area contributed by atoms with Crippen LogP contribution >= 0.6 is 0 Å². The molecule has 1 aromatic rings. The number of hydrogen-bond acceptors (Lipinski definition) is 5. The second-order valence-electron chi connectivity index (χ2n) is 4.06. The number of benzene rings is 1. The predicted octanol–water partition coefficient (Wildman–Crippen LogP) is 0.710. The van der Waals surface area contributed by atoms with Crippen LogP contribution in [0.15, 0.2) is 29.2 Å². The molecule has 1 rings (SSSR count). The first-order valence-electron chi connectivity index (χ1n) is 4.88. The van der Waals surface area contributed by atoms with Crippen molar-refractivity contribution < 1.29 is 13.2 Å². The number of hydrogen-bond donors (Lipinski definition) is 1. The second kappa shape index (κ2) is 4.73. The lowest BCUT2D eigenvalue weighted by atomic mass is 10.1. The van der Waals surface area contributed by atoms with Crippen LogP contribution in [0.1, 0.15) is 6.92 Å². The smallest absolute Gasteiger partial charge is 0.175 e. The van der Waals surface area contributed by atoms with Crippen LogP contribution in [0.2, 0.25) is 0 Å². The number of rotatable bonds is 4. The Hall–Kier alpha value is -1.58. The average molecular weight is 254 g/mol. The summed E-state index contributed by atoms with van der Waals surface area (Å²) in [6.45, 7) is 1.53. The Morgan fingerprint density at radius 3 is 2.71 bits per heavy atom. The summed E-state index contributed by atoms with van der Waals surface area (Å²) in [5.41, 5.74) is 4.49. The van der Waals surface area contributed by atoms with Gasteiger partial charge < -0.3 is 10.5 Å². The highest BCUT2D eigenvalue weighted by Gasteiger charge is 2.18. The van der Waals surface area contributed by atoms with Crippen molar-refractivity contribution in [2.24, 2.45) is 5.73 Å². The zero-order chi connectivity index (χ0) is 13.1. The maximum absolute atomic E-state index is 11.3. The molecule has 1 aromatic carbocycles. The molecule has 1 atom stereocenters. The summed E-state index contributed by atoms with van der Waals surface area (Å²) in [5.74, 6) is 0.375. The van der Waals surface area contributed by atoms with E-state index in [9.17, 15) is 8.42 Å². The molecule has 92 valence electrons. The van der Waals surface area contributed by atoms with Crippen molar-refractivity contribution in [3.63, 3.8) is 0 Å². The lowest BCUT2D eigenvalue weighted by Crippen LogP contribution is -2.40. The van der Waals surface area contributed by atoms with E-state index in [1.165, 1.54) is 19.1 Å². The zero-order valence-corrected chi connectivity index (χ0v) is 10.5. The maximum atomic E-state index is 11.3. The van der Waals surface area contributed by atoms with Gasteiger partial charge in [-0.25, -0.2) is 8.42 Å². The highest BCUT2D eigenvalue weighted by atomic mass is 32.2. The summed E-state index contributed by atoms with van der Waals surface area (Å²) in [5, 5.41) is 8.71. The average Bonchev–Trinajstić information content (AvgIpc) is 2.26. The molecule has 0 aliphatic carbocycles. The van der Waals surface area contributed by atoms with Crippen molar-refractivity contribution in [1.82, 2.24) is 0 Å². The normalized spacial score (nSPS) is 14.7. The first-order valence-corrected chi connectivity index (χ1v) is 6.77. The molecule has 6 heteroatoms. The van der Waals surface area contributed by atoms with Crippen LogP contribution in [-0.4, -0.2) is 26.8 Å². The molecule has 0 amide bonds. The van der Waals surface area contributed by atoms with Gasteiger partial charge in [0.25, 0.3) is 0 Å². The quantitative estimate of drug-likeness (QED) is 0.854. The van der Waals surface area contributed by atoms with Gasteiger partial charge in [0.2, 0.25) is 0 Å². The van der Waals surface area contributed by atoms with Gasteiger partial charge in [0, 0.05) is 6.26 Å². The molecule has 0 radical (unpaired) electrons. The molecule has 0 spiro atoms. The van der Waals surface area contributed by atoms with E-state index in [-0.39, 0.29) is 11.5 Å². The summed E-state index contributed by atoms with van der Waals surface area (Å²) in [4.78, 5) is 0.172. The first kappa shape index (κ1) is 13.5. The van der Waals surface area contributed by atoms with Crippen molar-refractivity contribution in [2.75, 3.05) is 12.9 Å². The third kappa shape index (κ3) is 4.06. The molecule has 17 heavy (non-hydrogen) atoms. The van der Waals surface area contributed by atoms with Gasteiger partial charge in [-0.2, -0.15) is 5.26 Å². The topological polar surface area (TPSA) is 93.2 Å². The Morgan fingerprint density at radius 2 is 2.18 bits per heavy atom. The Labute approximate surface area is 101 Å². The molecule has 1 unspecified atom stereocenters. The molecule has 5 nitrogen and oxygen atoms in total. The molecule has 0 aliphatic rings.